The van der Waals surface area contributed by atoms with Gasteiger partial charge >= 0.3 is 0 Å². The first kappa shape index (κ1) is 23.9. The number of halogens is 2. The molecular weight excluding hydrogens is 484 g/mol. The Bertz CT molecular complexity index is 1430. The van der Waals surface area contributed by atoms with Crippen molar-refractivity contribution in [2.45, 2.75) is 9.79 Å². The van der Waals surface area contributed by atoms with Crippen LogP contribution in [-0.2, 0) is 20.0 Å². The highest BCUT2D eigenvalue weighted by Gasteiger charge is 2.23. The number of anilines is 2. The van der Waals surface area contributed by atoms with Gasteiger partial charge in [0.2, 0.25) is 0 Å². The maximum absolute atomic E-state index is 13.3. The highest BCUT2D eigenvalue weighted by Crippen LogP contribution is 2.30. The van der Waals surface area contributed by atoms with Crippen molar-refractivity contribution in [3.05, 3.63) is 82.4 Å². The number of rotatable bonds is 8. The van der Waals surface area contributed by atoms with Crippen molar-refractivity contribution in [2.75, 3.05) is 16.6 Å². The molecule has 0 aliphatic rings. The molecule has 0 atom stereocenters. The number of nitro benzene ring substituents is 1. The summed E-state index contributed by atoms with van der Waals surface area (Å²) in [5.41, 5.74) is -0.437. The van der Waals surface area contributed by atoms with E-state index >= 15 is 0 Å². The van der Waals surface area contributed by atoms with Crippen LogP contribution in [-0.4, -0.2) is 28.9 Å². The largest absolute Gasteiger partial charge is 0.495 e. The van der Waals surface area contributed by atoms with E-state index in [0.29, 0.717) is 12.1 Å². The molecule has 0 unspecified atom stereocenters. The number of ether oxygens (including phenoxy) is 1. The average Bonchev–Trinajstić information content (AvgIpc) is 2.76. The summed E-state index contributed by atoms with van der Waals surface area (Å²) in [5, 5.41) is 11.0. The molecule has 3 aromatic rings. The molecular formula is C19H15F2N3O7S2. The number of nitrogens with zero attached hydrogens (tertiary/aromatic N) is 1. The molecule has 14 heteroatoms. The molecule has 10 nitrogen and oxygen atoms in total. The zero-order chi connectivity index (χ0) is 24.4. The van der Waals surface area contributed by atoms with E-state index < -0.39 is 52.1 Å². The summed E-state index contributed by atoms with van der Waals surface area (Å²) in [6.07, 6.45) is 0. The van der Waals surface area contributed by atoms with Gasteiger partial charge in [-0.1, -0.05) is 0 Å². The SMILES string of the molecule is COc1ccc([N+](=O)[O-])cc1S(=O)(=O)Nc1ccc(NS(=O)(=O)c2ccc(F)c(F)c2)cc1. The van der Waals surface area contributed by atoms with Crippen molar-refractivity contribution in [1.82, 2.24) is 0 Å². The van der Waals surface area contributed by atoms with Gasteiger partial charge in [-0.3, -0.25) is 19.6 Å². The van der Waals surface area contributed by atoms with E-state index in [1.165, 1.54) is 31.4 Å². The summed E-state index contributed by atoms with van der Waals surface area (Å²) in [6.45, 7) is 0. The van der Waals surface area contributed by atoms with Crippen molar-refractivity contribution < 1.29 is 35.3 Å². The molecule has 0 amide bonds. The van der Waals surface area contributed by atoms with Crippen LogP contribution < -0.4 is 14.2 Å². The lowest BCUT2D eigenvalue weighted by Crippen LogP contribution is -2.15. The minimum atomic E-state index is -4.31. The summed E-state index contributed by atoms with van der Waals surface area (Å²) >= 11 is 0. The normalized spacial score (nSPS) is 11.6. The number of sulfonamides is 2. The molecule has 3 rings (SSSR count). The molecule has 0 aliphatic heterocycles. The van der Waals surface area contributed by atoms with Crippen LogP contribution >= 0.6 is 0 Å². The topological polar surface area (TPSA) is 145 Å². The van der Waals surface area contributed by atoms with Crippen LogP contribution in [0.4, 0.5) is 25.8 Å². The van der Waals surface area contributed by atoms with Gasteiger partial charge in [-0.2, -0.15) is 0 Å². The minimum absolute atomic E-state index is 0.00982. The molecule has 0 saturated carbocycles. The zero-order valence-corrected chi connectivity index (χ0v) is 18.3. The molecule has 3 aromatic carbocycles. The van der Waals surface area contributed by atoms with E-state index in [2.05, 4.69) is 9.44 Å². The van der Waals surface area contributed by atoms with Crippen LogP contribution in [0.2, 0.25) is 0 Å². The van der Waals surface area contributed by atoms with E-state index in [4.69, 9.17) is 4.74 Å². The molecule has 0 aliphatic carbocycles. The van der Waals surface area contributed by atoms with Crippen molar-refractivity contribution >= 4 is 37.1 Å². The highest BCUT2D eigenvalue weighted by molar-refractivity contribution is 7.93. The number of hydrogen-bond donors (Lipinski definition) is 2. The number of nitro groups is 1. The van der Waals surface area contributed by atoms with Gasteiger partial charge in [-0.05, 0) is 48.5 Å². The maximum Gasteiger partial charge on any atom is 0.271 e. The summed E-state index contributed by atoms with van der Waals surface area (Å²) < 4.78 is 85.8. The molecule has 0 bridgehead atoms. The quantitative estimate of drug-likeness (QED) is 0.356. The monoisotopic (exact) mass is 499 g/mol. The standard InChI is InChI=1S/C19H15F2N3O7S2/c1-31-18-9-6-14(24(25)26)10-19(18)33(29,30)23-13-4-2-12(3-5-13)22-32(27,28)15-7-8-16(20)17(21)11-15/h2-11,22-23H,1H3. The van der Waals surface area contributed by atoms with Gasteiger partial charge in [0, 0.05) is 23.5 Å². The van der Waals surface area contributed by atoms with Crippen molar-refractivity contribution in [1.29, 1.82) is 0 Å². The number of benzene rings is 3. The zero-order valence-electron chi connectivity index (χ0n) is 16.7. The first-order valence-corrected chi connectivity index (χ1v) is 11.8. The Kier molecular flexibility index (Phi) is 6.51. The summed E-state index contributed by atoms with van der Waals surface area (Å²) in [7, 11) is -7.35. The van der Waals surface area contributed by atoms with Crippen LogP contribution in [0.5, 0.6) is 5.75 Å². The lowest BCUT2D eigenvalue weighted by Gasteiger charge is -2.12. The third kappa shape index (κ3) is 5.35. The second-order valence-electron chi connectivity index (χ2n) is 6.46. The predicted octanol–water partition coefficient (Wildman–Crippen LogP) is 3.48. The smallest absolute Gasteiger partial charge is 0.271 e. The van der Waals surface area contributed by atoms with Crippen LogP contribution in [0.25, 0.3) is 0 Å². The van der Waals surface area contributed by atoms with Crippen LogP contribution in [0.3, 0.4) is 0 Å². The second-order valence-corrected chi connectivity index (χ2v) is 9.79. The Balaban J connectivity index is 1.83. The molecule has 0 aromatic heterocycles. The molecule has 0 spiro atoms. The predicted molar refractivity (Wildman–Crippen MR) is 114 cm³/mol. The number of hydrogen-bond acceptors (Lipinski definition) is 7. The van der Waals surface area contributed by atoms with Crippen molar-refractivity contribution in [2.24, 2.45) is 0 Å². The fraction of sp³-hybridized carbons (Fsp3) is 0.0526. The fourth-order valence-electron chi connectivity index (χ4n) is 2.66. The Morgan fingerprint density at radius 1 is 0.818 bits per heavy atom. The molecule has 0 fully saturated rings. The maximum atomic E-state index is 13.3. The Morgan fingerprint density at radius 2 is 1.39 bits per heavy atom. The van der Waals surface area contributed by atoms with Gasteiger partial charge in [-0.25, -0.2) is 25.6 Å². The molecule has 2 N–H and O–H groups in total. The van der Waals surface area contributed by atoms with Gasteiger partial charge in [-0.15, -0.1) is 0 Å². The first-order valence-electron chi connectivity index (χ1n) is 8.86. The average molecular weight is 499 g/mol. The highest BCUT2D eigenvalue weighted by atomic mass is 32.2. The van der Waals surface area contributed by atoms with E-state index in [9.17, 15) is 35.7 Å². The lowest BCUT2D eigenvalue weighted by molar-refractivity contribution is -0.385. The van der Waals surface area contributed by atoms with Gasteiger partial charge < -0.3 is 4.74 Å². The summed E-state index contributed by atoms with van der Waals surface area (Å²) in [5.74, 6) is -2.66. The molecule has 174 valence electrons. The minimum Gasteiger partial charge on any atom is -0.495 e. The van der Waals surface area contributed by atoms with Crippen molar-refractivity contribution in [3.63, 3.8) is 0 Å². The van der Waals surface area contributed by atoms with Gasteiger partial charge in [0.1, 0.15) is 10.6 Å². The Morgan fingerprint density at radius 3 is 1.91 bits per heavy atom. The van der Waals surface area contributed by atoms with Crippen LogP contribution in [0.1, 0.15) is 0 Å². The van der Waals surface area contributed by atoms with Gasteiger partial charge in [0.05, 0.1) is 16.9 Å². The number of non-ortho nitro benzene ring substituents is 1. The van der Waals surface area contributed by atoms with E-state index in [-0.39, 0.29) is 17.1 Å². The number of methoxy groups -OCH3 is 1. The van der Waals surface area contributed by atoms with Crippen LogP contribution in [0.15, 0.2) is 70.5 Å². The molecule has 0 radical (unpaired) electrons. The van der Waals surface area contributed by atoms with E-state index in [0.717, 1.165) is 24.3 Å². The molecule has 0 saturated heterocycles. The molecule has 33 heavy (non-hydrogen) atoms. The van der Waals surface area contributed by atoms with Gasteiger partial charge in [0.15, 0.2) is 11.6 Å². The Labute approximate surface area is 187 Å². The summed E-state index contributed by atoms with van der Waals surface area (Å²) in [6, 6.07) is 10.0. The second kappa shape index (κ2) is 8.99. The molecule has 0 heterocycles. The van der Waals surface area contributed by atoms with Crippen LogP contribution in [0, 0.1) is 21.7 Å². The summed E-state index contributed by atoms with van der Waals surface area (Å²) in [4.78, 5) is 9.24. The third-order valence-electron chi connectivity index (χ3n) is 4.24. The third-order valence-corrected chi connectivity index (χ3v) is 7.02. The van der Waals surface area contributed by atoms with Crippen molar-refractivity contribution in [3.8, 4) is 5.75 Å². The van der Waals surface area contributed by atoms with Gasteiger partial charge in [0.25, 0.3) is 25.7 Å². The van der Waals surface area contributed by atoms with E-state index in [1.54, 1.807) is 0 Å². The lowest BCUT2D eigenvalue weighted by atomic mass is 10.3. The first-order chi connectivity index (χ1) is 15.4. The number of nitrogens with one attached hydrogen (secondary N) is 2. The Hall–Kier alpha value is -3.78. The fourth-order valence-corrected chi connectivity index (χ4v) is 4.98. The van der Waals surface area contributed by atoms with E-state index in [1.807, 2.05) is 0 Å².